The summed E-state index contributed by atoms with van der Waals surface area (Å²) in [6.45, 7) is 7.81. The molecule has 5 nitrogen and oxygen atoms in total. The van der Waals surface area contributed by atoms with E-state index in [1.165, 1.54) is 0 Å². The van der Waals surface area contributed by atoms with Crippen molar-refractivity contribution < 1.29 is 4.42 Å². The van der Waals surface area contributed by atoms with Gasteiger partial charge in [-0.05, 0) is 6.92 Å². The van der Waals surface area contributed by atoms with E-state index in [0.29, 0.717) is 23.4 Å². The maximum absolute atomic E-state index is 5.44. The Kier molecular flexibility index (Phi) is 2.30. The van der Waals surface area contributed by atoms with Crippen LogP contribution in [0.3, 0.4) is 0 Å². The van der Waals surface area contributed by atoms with E-state index in [4.69, 9.17) is 4.42 Å². The van der Waals surface area contributed by atoms with Crippen LogP contribution in [-0.2, 0) is 0 Å². The summed E-state index contributed by atoms with van der Waals surface area (Å²) in [5.74, 6) is 3.06. The van der Waals surface area contributed by atoms with Crippen molar-refractivity contribution in [3.8, 4) is 11.6 Å². The van der Waals surface area contributed by atoms with Gasteiger partial charge in [0.15, 0.2) is 11.7 Å². The molecule has 1 N–H and O–H groups in total. The summed E-state index contributed by atoms with van der Waals surface area (Å²) in [7, 11) is 0. The summed E-state index contributed by atoms with van der Waals surface area (Å²) < 4.78 is 5.44. The lowest BCUT2D eigenvalue weighted by atomic mass is 10.2. The van der Waals surface area contributed by atoms with Gasteiger partial charge in [0.05, 0.1) is 5.69 Å². The van der Waals surface area contributed by atoms with Gasteiger partial charge in [0.2, 0.25) is 5.82 Å². The molecule has 0 bridgehead atoms. The smallest absolute Gasteiger partial charge is 0.218 e. The number of oxazole rings is 1. The number of hydrogen-bond donors (Lipinski definition) is 1. The molecule has 80 valence electrons. The van der Waals surface area contributed by atoms with Crippen LogP contribution in [-0.4, -0.2) is 20.2 Å². The molecule has 0 unspecified atom stereocenters. The van der Waals surface area contributed by atoms with Crippen molar-refractivity contribution >= 4 is 0 Å². The van der Waals surface area contributed by atoms with E-state index < -0.39 is 0 Å². The van der Waals surface area contributed by atoms with Gasteiger partial charge < -0.3 is 4.42 Å². The largest absolute Gasteiger partial charge is 0.437 e. The number of H-pyrrole nitrogens is 1. The molecule has 0 aliphatic heterocycles. The third-order valence-electron chi connectivity index (χ3n) is 2.16. The van der Waals surface area contributed by atoms with Crippen LogP contribution in [0.5, 0.6) is 0 Å². The van der Waals surface area contributed by atoms with Crippen molar-refractivity contribution in [2.45, 2.75) is 33.6 Å². The number of aryl methyl sites for hydroxylation is 2. The van der Waals surface area contributed by atoms with Crippen LogP contribution in [0.4, 0.5) is 0 Å². The maximum Gasteiger partial charge on any atom is 0.218 e. The first-order valence-electron chi connectivity index (χ1n) is 4.94. The van der Waals surface area contributed by atoms with Gasteiger partial charge in [0, 0.05) is 12.8 Å². The third kappa shape index (κ3) is 1.77. The van der Waals surface area contributed by atoms with E-state index in [1.807, 2.05) is 13.8 Å². The van der Waals surface area contributed by atoms with Gasteiger partial charge in [-0.25, -0.2) is 9.97 Å². The van der Waals surface area contributed by atoms with E-state index in [9.17, 15) is 0 Å². The minimum Gasteiger partial charge on any atom is -0.437 e. The fourth-order valence-corrected chi connectivity index (χ4v) is 1.37. The van der Waals surface area contributed by atoms with E-state index in [0.717, 1.165) is 11.5 Å². The van der Waals surface area contributed by atoms with Gasteiger partial charge in [-0.2, -0.15) is 0 Å². The molecule has 0 saturated carbocycles. The molecule has 0 radical (unpaired) electrons. The zero-order valence-electron chi connectivity index (χ0n) is 9.33. The molecule has 0 aliphatic rings. The molecule has 0 amide bonds. The lowest BCUT2D eigenvalue weighted by molar-refractivity contribution is 0.530. The van der Waals surface area contributed by atoms with E-state index in [2.05, 4.69) is 34.0 Å². The zero-order chi connectivity index (χ0) is 11.0. The Morgan fingerprint density at radius 3 is 2.40 bits per heavy atom. The predicted molar refractivity (Wildman–Crippen MR) is 55.4 cm³/mol. The standard InChI is InChI=1S/C10H14N4O/c1-5(2)9-12-10(14-13-9)8-6(3)11-7(4)15-8/h5H,1-4H3,(H,12,13,14). The van der Waals surface area contributed by atoms with Crippen molar-refractivity contribution in [1.29, 1.82) is 0 Å². The highest BCUT2D eigenvalue weighted by atomic mass is 16.4. The Labute approximate surface area is 87.9 Å². The predicted octanol–water partition coefficient (Wildman–Crippen LogP) is 2.20. The monoisotopic (exact) mass is 206 g/mol. The minimum absolute atomic E-state index is 0.329. The zero-order valence-corrected chi connectivity index (χ0v) is 9.33. The molecule has 15 heavy (non-hydrogen) atoms. The summed E-state index contributed by atoms with van der Waals surface area (Å²) in [6.07, 6.45) is 0. The average molecular weight is 206 g/mol. The fraction of sp³-hybridized carbons (Fsp3) is 0.500. The quantitative estimate of drug-likeness (QED) is 0.817. The van der Waals surface area contributed by atoms with E-state index in [1.54, 1.807) is 0 Å². The molecular weight excluding hydrogens is 192 g/mol. The summed E-state index contributed by atoms with van der Waals surface area (Å²) in [5.41, 5.74) is 0.821. The Hall–Kier alpha value is -1.65. The van der Waals surface area contributed by atoms with Crippen molar-refractivity contribution in [2.75, 3.05) is 0 Å². The summed E-state index contributed by atoms with van der Waals surface area (Å²) >= 11 is 0. The molecule has 2 aromatic rings. The number of aromatic nitrogens is 4. The summed E-state index contributed by atoms with van der Waals surface area (Å²) in [6, 6.07) is 0. The van der Waals surface area contributed by atoms with Crippen molar-refractivity contribution in [3.05, 3.63) is 17.4 Å². The Morgan fingerprint density at radius 1 is 1.20 bits per heavy atom. The molecule has 0 aliphatic carbocycles. The van der Waals surface area contributed by atoms with Gasteiger partial charge >= 0.3 is 0 Å². The van der Waals surface area contributed by atoms with Gasteiger partial charge in [-0.1, -0.05) is 13.8 Å². The summed E-state index contributed by atoms with van der Waals surface area (Å²) in [5, 5.41) is 7.00. The van der Waals surface area contributed by atoms with Gasteiger partial charge in [-0.3, -0.25) is 5.10 Å². The summed E-state index contributed by atoms with van der Waals surface area (Å²) in [4.78, 5) is 8.53. The normalized spacial score (nSPS) is 11.3. The topological polar surface area (TPSA) is 67.6 Å². The second-order valence-electron chi connectivity index (χ2n) is 3.85. The van der Waals surface area contributed by atoms with Gasteiger partial charge in [0.25, 0.3) is 0 Å². The molecule has 2 rings (SSSR count). The molecule has 5 heteroatoms. The van der Waals surface area contributed by atoms with Crippen molar-refractivity contribution in [1.82, 2.24) is 20.2 Å². The van der Waals surface area contributed by atoms with Crippen LogP contribution in [0.15, 0.2) is 4.42 Å². The SMILES string of the molecule is Cc1nc(C)c(-c2n[nH]c(C(C)C)n2)o1. The number of aromatic amines is 1. The molecule has 0 spiro atoms. The lowest BCUT2D eigenvalue weighted by Gasteiger charge is -1.94. The van der Waals surface area contributed by atoms with Crippen LogP contribution < -0.4 is 0 Å². The van der Waals surface area contributed by atoms with Gasteiger partial charge in [0.1, 0.15) is 5.82 Å². The molecule has 0 saturated heterocycles. The average Bonchev–Trinajstić information content (AvgIpc) is 2.71. The Morgan fingerprint density at radius 2 is 1.93 bits per heavy atom. The van der Waals surface area contributed by atoms with E-state index >= 15 is 0 Å². The first-order valence-corrected chi connectivity index (χ1v) is 4.94. The van der Waals surface area contributed by atoms with Crippen LogP contribution in [0.2, 0.25) is 0 Å². The number of hydrogen-bond acceptors (Lipinski definition) is 4. The molecule has 0 aromatic carbocycles. The first-order chi connectivity index (χ1) is 7.08. The van der Waals surface area contributed by atoms with E-state index in [-0.39, 0.29) is 0 Å². The molecular formula is C10H14N4O. The Balaban J connectivity index is 2.41. The van der Waals surface area contributed by atoms with Crippen molar-refractivity contribution in [2.24, 2.45) is 0 Å². The highest BCUT2D eigenvalue weighted by Gasteiger charge is 2.15. The molecule has 0 fully saturated rings. The van der Waals surface area contributed by atoms with Crippen LogP contribution in [0.25, 0.3) is 11.6 Å². The highest BCUT2D eigenvalue weighted by Crippen LogP contribution is 2.21. The second-order valence-corrected chi connectivity index (χ2v) is 3.85. The minimum atomic E-state index is 0.329. The van der Waals surface area contributed by atoms with Crippen LogP contribution in [0, 0.1) is 13.8 Å². The molecule has 2 heterocycles. The van der Waals surface area contributed by atoms with Gasteiger partial charge in [-0.15, -0.1) is 5.10 Å². The maximum atomic E-state index is 5.44. The number of nitrogens with zero attached hydrogens (tertiary/aromatic N) is 3. The number of rotatable bonds is 2. The van der Waals surface area contributed by atoms with Crippen molar-refractivity contribution in [3.63, 3.8) is 0 Å². The first kappa shape index (κ1) is 9.89. The highest BCUT2D eigenvalue weighted by molar-refractivity contribution is 5.49. The Bertz CT molecular complexity index is 469. The number of nitrogens with one attached hydrogen (secondary N) is 1. The second kappa shape index (κ2) is 3.49. The molecule has 0 atom stereocenters. The lowest BCUT2D eigenvalue weighted by Crippen LogP contribution is -1.89. The molecule has 2 aromatic heterocycles. The van der Waals surface area contributed by atoms with Crippen LogP contribution in [0.1, 0.15) is 37.2 Å². The van der Waals surface area contributed by atoms with Crippen LogP contribution >= 0.6 is 0 Å². The third-order valence-corrected chi connectivity index (χ3v) is 2.16. The fourth-order valence-electron chi connectivity index (χ4n) is 1.37.